The van der Waals surface area contributed by atoms with Crippen molar-refractivity contribution in [3.05, 3.63) is 89.2 Å². The lowest BCUT2D eigenvalue weighted by atomic mass is 9.82. The predicted octanol–water partition coefficient (Wildman–Crippen LogP) is 5.70. The summed E-state index contributed by atoms with van der Waals surface area (Å²) in [5, 5.41) is 0. The predicted molar refractivity (Wildman–Crippen MR) is 106 cm³/mol. The number of hydrogen-bond donors (Lipinski definition) is 0. The van der Waals surface area contributed by atoms with Crippen LogP contribution >= 0.6 is 0 Å². The molecular formula is C23H27N. The molecule has 1 aliphatic rings. The molecule has 0 heterocycles. The fourth-order valence-electron chi connectivity index (χ4n) is 3.20. The second-order valence-electron chi connectivity index (χ2n) is 6.65. The summed E-state index contributed by atoms with van der Waals surface area (Å²) in [6.07, 6.45) is 11.1. The maximum absolute atomic E-state index is 4.57. The van der Waals surface area contributed by atoms with Gasteiger partial charge in [0.15, 0.2) is 0 Å². The highest BCUT2D eigenvalue weighted by Gasteiger charge is 2.21. The van der Waals surface area contributed by atoms with Crippen LogP contribution < -0.4 is 0 Å². The van der Waals surface area contributed by atoms with Crippen molar-refractivity contribution >= 4 is 5.71 Å². The molecule has 1 atom stereocenters. The average molecular weight is 317 g/mol. The van der Waals surface area contributed by atoms with Gasteiger partial charge in [0.2, 0.25) is 0 Å². The van der Waals surface area contributed by atoms with E-state index in [2.05, 4.69) is 74.5 Å². The van der Waals surface area contributed by atoms with Gasteiger partial charge in [0.25, 0.3) is 0 Å². The Kier molecular flexibility index (Phi) is 6.35. The summed E-state index contributed by atoms with van der Waals surface area (Å²) >= 11 is 0. The summed E-state index contributed by atoms with van der Waals surface area (Å²) in [4.78, 5) is 4.57. The minimum absolute atomic E-state index is 0.295. The van der Waals surface area contributed by atoms with Gasteiger partial charge in [-0.25, -0.2) is 0 Å². The Balaban J connectivity index is 2.21. The molecule has 1 aliphatic carbocycles. The Labute approximate surface area is 146 Å². The topological polar surface area (TPSA) is 12.4 Å². The molecule has 0 fully saturated rings. The van der Waals surface area contributed by atoms with Crippen LogP contribution in [0.3, 0.4) is 0 Å². The number of allylic oxidation sites excluding steroid dienone is 6. The first-order valence-corrected chi connectivity index (χ1v) is 8.52. The molecule has 1 heteroatoms. The first-order valence-electron chi connectivity index (χ1n) is 8.52. The molecular weight excluding hydrogens is 290 g/mol. The molecule has 124 valence electrons. The van der Waals surface area contributed by atoms with E-state index in [0.29, 0.717) is 11.8 Å². The van der Waals surface area contributed by atoms with Crippen molar-refractivity contribution in [1.82, 2.24) is 0 Å². The SMILES string of the molecule is C=C(C)C(/C(=N\C)c1ccc(CC2=CC=CC=C=C2)cc1)C(C)C. The number of hydrogen-bond acceptors (Lipinski definition) is 1. The van der Waals surface area contributed by atoms with E-state index >= 15 is 0 Å². The van der Waals surface area contributed by atoms with E-state index in [1.165, 1.54) is 22.3 Å². The van der Waals surface area contributed by atoms with Crippen LogP contribution in [0, 0.1) is 11.8 Å². The molecule has 0 saturated carbocycles. The number of nitrogens with zero attached hydrogens (tertiary/aromatic N) is 1. The van der Waals surface area contributed by atoms with E-state index in [-0.39, 0.29) is 0 Å². The monoisotopic (exact) mass is 317 g/mol. The van der Waals surface area contributed by atoms with E-state index in [4.69, 9.17) is 0 Å². The van der Waals surface area contributed by atoms with Crippen LogP contribution in [0.4, 0.5) is 0 Å². The van der Waals surface area contributed by atoms with E-state index in [9.17, 15) is 0 Å². The Morgan fingerprint density at radius 1 is 1.17 bits per heavy atom. The third-order valence-electron chi connectivity index (χ3n) is 4.27. The zero-order valence-electron chi connectivity index (χ0n) is 15.2. The van der Waals surface area contributed by atoms with Gasteiger partial charge in [0, 0.05) is 18.7 Å². The van der Waals surface area contributed by atoms with Crippen molar-refractivity contribution < 1.29 is 0 Å². The van der Waals surface area contributed by atoms with Crippen molar-refractivity contribution in [2.24, 2.45) is 16.8 Å². The summed E-state index contributed by atoms with van der Waals surface area (Å²) < 4.78 is 0. The second kappa shape index (κ2) is 8.47. The van der Waals surface area contributed by atoms with Gasteiger partial charge in [0.1, 0.15) is 0 Å². The van der Waals surface area contributed by atoms with E-state index < -0.39 is 0 Å². The molecule has 0 aromatic heterocycles. The van der Waals surface area contributed by atoms with Crippen molar-refractivity contribution in [2.75, 3.05) is 7.05 Å². The zero-order chi connectivity index (χ0) is 17.5. The van der Waals surface area contributed by atoms with Gasteiger partial charge in [-0.15, -0.1) is 5.73 Å². The van der Waals surface area contributed by atoms with E-state index in [0.717, 1.165) is 12.1 Å². The summed E-state index contributed by atoms with van der Waals surface area (Å²) in [6.45, 7) is 10.7. The van der Waals surface area contributed by atoms with Gasteiger partial charge >= 0.3 is 0 Å². The summed E-state index contributed by atoms with van der Waals surface area (Å²) in [5.74, 6) is 0.782. The van der Waals surface area contributed by atoms with Crippen LogP contribution in [0.2, 0.25) is 0 Å². The molecule has 0 spiro atoms. The molecule has 0 saturated heterocycles. The third kappa shape index (κ3) is 4.57. The molecule has 1 unspecified atom stereocenters. The summed E-state index contributed by atoms with van der Waals surface area (Å²) in [6, 6.07) is 8.76. The minimum atomic E-state index is 0.295. The molecule has 1 aromatic carbocycles. The first-order chi connectivity index (χ1) is 11.5. The molecule has 0 amide bonds. The van der Waals surface area contributed by atoms with Gasteiger partial charge < -0.3 is 0 Å². The quantitative estimate of drug-likeness (QED) is 0.362. The van der Waals surface area contributed by atoms with Crippen LogP contribution in [0.15, 0.2) is 83.1 Å². The lowest BCUT2D eigenvalue weighted by Crippen LogP contribution is -2.22. The van der Waals surface area contributed by atoms with Gasteiger partial charge in [0.05, 0.1) is 0 Å². The molecule has 2 rings (SSSR count). The largest absolute Gasteiger partial charge is 0.292 e. The highest BCUT2D eigenvalue weighted by atomic mass is 14.7. The number of rotatable bonds is 6. The molecule has 1 aromatic rings. The van der Waals surface area contributed by atoms with Gasteiger partial charge in [-0.2, -0.15) is 0 Å². The van der Waals surface area contributed by atoms with Crippen LogP contribution in [-0.4, -0.2) is 12.8 Å². The number of benzene rings is 1. The van der Waals surface area contributed by atoms with Crippen molar-refractivity contribution in [2.45, 2.75) is 27.2 Å². The Bertz CT molecular complexity index is 733. The maximum Gasteiger partial charge on any atom is 0.0490 e. The van der Waals surface area contributed by atoms with Gasteiger partial charge in [-0.1, -0.05) is 68.5 Å². The fraction of sp³-hybridized carbons (Fsp3) is 0.304. The Morgan fingerprint density at radius 3 is 2.46 bits per heavy atom. The van der Waals surface area contributed by atoms with Crippen molar-refractivity contribution in [3.8, 4) is 0 Å². The van der Waals surface area contributed by atoms with Crippen molar-refractivity contribution in [1.29, 1.82) is 0 Å². The third-order valence-corrected chi connectivity index (χ3v) is 4.27. The van der Waals surface area contributed by atoms with Crippen LogP contribution in [0.5, 0.6) is 0 Å². The lowest BCUT2D eigenvalue weighted by Gasteiger charge is -2.23. The summed E-state index contributed by atoms with van der Waals surface area (Å²) in [5.41, 5.74) is 9.21. The summed E-state index contributed by atoms with van der Waals surface area (Å²) in [7, 11) is 1.88. The minimum Gasteiger partial charge on any atom is -0.292 e. The lowest BCUT2D eigenvalue weighted by molar-refractivity contribution is 0.554. The van der Waals surface area contributed by atoms with Gasteiger partial charge in [-0.3, -0.25) is 4.99 Å². The van der Waals surface area contributed by atoms with Gasteiger partial charge in [-0.05, 0) is 48.1 Å². The highest BCUT2D eigenvalue weighted by Crippen LogP contribution is 2.25. The second-order valence-corrected chi connectivity index (χ2v) is 6.65. The van der Waals surface area contributed by atoms with Crippen LogP contribution in [-0.2, 0) is 6.42 Å². The maximum atomic E-state index is 4.57. The molecule has 0 N–H and O–H groups in total. The standard InChI is InChI=1S/C23H27N/c1-17(2)22(18(3)4)23(24-5)21-14-12-20(13-15-21)16-19-10-8-6-7-9-11-19/h6-8,10-15,18,22H,1,16H2,2-5H3/b24-23-. The normalized spacial score (nSPS) is 15.4. The smallest absolute Gasteiger partial charge is 0.0490 e. The molecule has 24 heavy (non-hydrogen) atoms. The number of aliphatic imine (C=N–C) groups is 1. The average Bonchev–Trinajstić information content (AvgIpc) is 2.81. The zero-order valence-corrected chi connectivity index (χ0v) is 15.2. The van der Waals surface area contributed by atoms with E-state index in [1.54, 1.807) is 0 Å². The Hall–Kier alpha value is -2.37. The molecule has 1 nitrogen and oxygen atoms in total. The van der Waals surface area contributed by atoms with Crippen LogP contribution in [0.25, 0.3) is 0 Å². The van der Waals surface area contributed by atoms with Crippen LogP contribution in [0.1, 0.15) is 31.9 Å². The Morgan fingerprint density at radius 2 is 1.88 bits per heavy atom. The first kappa shape index (κ1) is 18.0. The van der Waals surface area contributed by atoms with Crippen molar-refractivity contribution in [3.63, 3.8) is 0 Å². The fourth-order valence-corrected chi connectivity index (χ4v) is 3.20. The molecule has 0 radical (unpaired) electrons. The molecule has 0 bridgehead atoms. The van der Waals surface area contributed by atoms with E-state index in [1.807, 2.05) is 25.3 Å². The molecule has 0 aliphatic heterocycles. The highest BCUT2D eigenvalue weighted by molar-refractivity contribution is 6.03.